The van der Waals surface area contributed by atoms with E-state index in [0.717, 1.165) is 22.1 Å². The summed E-state index contributed by atoms with van der Waals surface area (Å²) in [6.45, 7) is 0. The van der Waals surface area contributed by atoms with Gasteiger partial charge in [-0.15, -0.1) is 24.3 Å². The fourth-order valence-corrected chi connectivity index (χ4v) is 1.47. The zero-order valence-electron chi connectivity index (χ0n) is 7.14. The van der Waals surface area contributed by atoms with E-state index in [9.17, 15) is 0 Å². The first-order valence-corrected chi connectivity index (χ1v) is 4.09. The fraction of sp³-hybridized carbons (Fsp3) is 0. The number of rotatable bonds is 0. The summed E-state index contributed by atoms with van der Waals surface area (Å²) in [4.78, 5) is 4.24. The van der Waals surface area contributed by atoms with E-state index in [-0.39, 0.29) is 21.1 Å². The second kappa shape index (κ2) is 3.55. The van der Waals surface area contributed by atoms with Crippen molar-refractivity contribution in [3.63, 3.8) is 0 Å². The molecule has 72 valence electrons. The van der Waals surface area contributed by atoms with Crippen molar-refractivity contribution in [2.75, 3.05) is 0 Å². The number of benzene rings is 1. The smallest absolute Gasteiger partial charge is 0.0984 e. The van der Waals surface area contributed by atoms with Crippen LogP contribution < -0.4 is 0 Å². The fourth-order valence-electron chi connectivity index (χ4n) is 1.47. The van der Waals surface area contributed by atoms with Crippen LogP contribution in [0.4, 0.5) is 0 Å². The zero-order chi connectivity index (χ0) is 8.67. The van der Waals surface area contributed by atoms with Gasteiger partial charge >= 0.3 is 0 Å². The van der Waals surface area contributed by atoms with Gasteiger partial charge in [-0.1, -0.05) is 5.39 Å². The Bertz CT molecular complexity index is 523. The van der Waals surface area contributed by atoms with Crippen LogP contribution >= 0.6 is 0 Å². The van der Waals surface area contributed by atoms with E-state index in [1.807, 2.05) is 30.3 Å². The van der Waals surface area contributed by atoms with Crippen molar-refractivity contribution in [3.05, 3.63) is 42.6 Å². The van der Waals surface area contributed by atoms with Crippen molar-refractivity contribution < 1.29 is 25.5 Å². The number of nitrogens with zero attached hydrogens (tertiary/aromatic N) is 1. The maximum absolute atomic E-state index is 5.56. The van der Waals surface area contributed by atoms with E-state index in [1.54, 1.807) is 6.20 Å². The summed E-state index contributed by atoms with van der Waals surface area (Å²) in [6, 6.07) is 12.6. The van der Waals surface area contributed by atoms with E-state index in [2.05, 4.69) is 11.1 Å². The summed E-state index contributed by atoms with van der Waals surface area (Å²) in [5, 5.41) is 0.957. The van der Waals surface area contributed by atoms with Gasteiger partial charge in [0.1, 0.15) is 0 Å². The number of pyridine rings is 1. The van der Waals surface area contributed by atoms with E-state index in [1.165, 1.54) is 0 Å². The first-order valence-electron chi connectivity index (χ1n) is 4.09. The Morgan fingerprint density at radius 1 is 1.14 bits per heavy atom. The normalized spacial score (nSPS) is 10.3. The molecular formula is C11H6NOPt-. The molecular weight excluding hydrogens is 357 g/mol. The summed E-state index contributed by atoms with van der Waals surface area (Å²) in [6.07, 6.45) is 1.76. The molecule has 3 heteroatoms. The average Bonchev–Trinajstić information content (AvgIpc) is 2.56. The molecule has 0 fully saturated rings. The van der Waals surface area contributed by atoms with Crippen molar-refractivity contribution in [2.45, 2.75) is 0 Å². The molecule has 0 unspecified atom stereocenters. The van der Waals surface area contributed by atoms with Gasteiger partial charge in [-0.3, -0.25) is 0 Å². The van der Waals surface area contributed by atoms with Crippen molar-refractivity contribution in [2.24, 2.45) is 0 Å². The second-order valence-electron chi connectivity index (χ2n) is 2.86. The molecule has 0 radical (unpaired) electrons. The Labute approximate surface area is 95.2 Å². The van der Waals surface area contributed by atoms with Gasteiger partial charge in [-0.05, 0) is 12.1 Å². The summed E-state index contributed by atoms with van der Waals surface area (Å²) < 4.78 is 5.56. The van der Waals surface area contributed by atoms with Crippen LogP contribution in [0.25, 0.3) is 22.1 Å². The molecule has 0 atom stereocenters. The summed E-state index contributed by atoms with van der Waals surface area (Å²) >= 11 is 0. The molecule has 0 bridgehead atoms. The first-order chi connectivity index (χ1) is 6.45. The van der Waals surface area contributed by atoms with E-state index in [0.29, 0.717) is 0 Å². The van der Waals surface area contributed by atoms with Gasteiger partial charge in [0, 0.05) is 38.4 Å². The molecule has 2 heterocycles. The van der Waals surface area contributed by atoms with Gasteiger partial charge in [-0.2, -0.15) is 0 Å². The van der Waals surface area contributed by atoms with Gasteiger partial charge in [-0.25, -0.2) is 0 Å². The number of hydrogen-bond acceptors (Lipinski definition) is 2. The topological polar surface area (TPSA) is 26.0 Å². The monoisotopic (exact) mass is 363 g/mol. The molecule has 0 spiro atoms. The largest absolute Gasteiger partial charge is 0.509 e. The molecule has 14 heavy (non-hydrogen) atoms. The number of furan rings is 1. The Balaban J connectivity index is 0.000000750. The van der Waals surface area contributed by atoms with Crippen LogP contribution in [0.15, 0.2) is 40.9 Å². The van der Waals surface area contributed by atoms with Gasteiger partial charge in [0.15, 0.2) is 0 Å². The van der Waals surface area contributed by atoms with E-state index >= 15 is 0 Å². The third kappa shape index (κ3) is 1.27. The van der Waals surface area contributed by atoms with Crippen LogP contribution in [0.2, 0.25) is 0 Å². The van der Waals surface area contributed by atoms with Crippen molar-refractivity contribution in [1.29, 1.82) is 0 Å². The maximum Gasteiger partial charge on any atom is 0.0984 e. The minimum Gasteiger partial charge on any atom is -0.509 e. The van der Waals surface area contributed by atoms with E-state index in [4.69, 9.17) is 4.42 Å². The molecule has 0 saturated carbocycles. The maximum atomic E-state index is 5.56. The molecule has 3 rings (SSSR count). The molecule has 0 aliphatic heterocycles. The number of fused-ring (bicyclic) bond motifs is 3. The molecule has 1 aromatic carbocycles. The molecule has 0 saturated heterocycles. The van der Waals surface area contributed by atoms with Crippen LogP contribution in [0.1, 0.15) is 0 Å². The van der Waals surface area contributed by atoms with Gasteiger partial charge in [0.25, 0.3) is 0 Å². The molecule has 2 nitrogen and oxygen atoms in total. The average molecular weight is 363 g/mol. The first kappa shape index (κ1) is 9.41. The standard InChI is InChI=1S/C11H6NO.Pt/c1-2-5-9-8(4-1)11-10(13-9)6-3-7-12-11;/h1-3,5-7H;/q-1;. The molecule has 0 N–H and O–H groups in total. The summed E-state index contributed by atoms with van der Waals surface area (Å²) in [7, 11) is 0. The van der Waals surface area contributed by atoms with Crippen LogP contribution in [-0.4, -0.2) is 4.98 Å². The SMILES string of the molecule is [Pt].[c-]1cccc2oc3cccnc3c12. The van der Waals surface area contributed by atoms with E-state index < -0.39 is 0 Å². The predicted octanol–water partition coefficient (Wildman–Crippen LogP) is 2.78. The Hall–Kier alpha value is -1.14. The third-order valence-electron chi connectivity index (χ3n) is 2.05. The quantitative estimate of drug-likeness (QED) is 0.574. The second-order valence-corrected chi connectivity index (χ2v) is 2.86. The van der Waals surface area contributed by atoms with Crippen molar-refractivity contribution in [3.8, 4) is 0 Å². The van der Waals surface area contributed by atoms with Crippen molar-refractivity contribution in [1.82, 2.24) is 4.98 Å². The predicted molar refractivity (Wildman–Crippen MR) is 50.4 cm³/mol. The van der Waals surface area contributed by atoms with Crippen LogP contribution in [0, 0.1) is 6.07 Å². The molecule has 0 amide bonds. The summed E-state index contributed by atoms with van der Waals surface area (Å²) in [5.41, 5.74) is 2.55. The number of hydrogen-bond donors (Lipinski definition) is 0. The zero-order valence-corrected chi connectivity index (χ0v) is 9.41. The molecule has 0 aliphatic rings. The Morgan fingerprint density at radius 3 is 2.93 bits per heavy atom. The van der Waals surface area contributed by atoms with Crippen molar-refractivity contribution >= 4 is 22.1 Å². The number of aromatic nitrogens is 1. The minimum atomic E-state index is 0. The van der Waals surface area contributed by atoms with Crippen LogP contribution in [0.3, 0.4) is 0 Å². The minimum absolute atomic E-state index is 0. The van der Waals surface area contributed by atoms with Gasteiger partial charge in [0.05, 0.1) is 5.58 Å². The molecule has 3 aromatic rings. The Kier molecular flexibility index (Phi) is 2.38. The molecule has 2 aromatic heterocycles. The van der Waals surface area contributed by atoms with Crippen LogP contribution in [0.5, 0.6) is 0 Å². The Morgan fingerprint density at radius 2 is 2.00 bits per heavy atom. The summed E-state index contributed by atoms with van der Waals surface area (Å²) in [5.74, 6) is 0. The van der Waals surface area contributed by atoms with Gasteiger partial charge in [0.2, 0.25) is 0 Å². The van der Waals surface area contributed by atoms with Crippen LogP contribution in [-0.2, 0) is 21.1 Å². The third-order valence-corrected chi connectivity index (χ3v) is 2.05. The molecule has 0 aliphatic carbocycles. The van der Waals surface area contributed by atoms with Gasteiger partial charge < -0.3 is 9.40 Å².